The Morgan fingerprint density at radius 1 is 1.52 bits per heavy atom. The molecule has 0 aromatic heterocycles. The van der Waals surface area contributed by atoms with Gasteiger partial charge >= 0.3 is 5.97 Å². The number of hydrogen-bond donors (Lipinski definition) is 1. The highest BCUT2D eigenvalue weighted by Gasteiger charge is 2.41. The van der Waals surface area contributed by atoms with Crippen molar-refractivity contribution in [3.63, 3.8) is 0 Å². The van der Waals surface area contributed by atoms with Gasteiger partial charge in [-0.1, -0.05) is 6.92 Å². The van der Waals surface area contributed by atoms with Crippen molar-refractivity contribution >= 4 is 39.6 Å². The third kappa shape index (κ3) is 3.18. The molecular weight excluding hydrogens is 358 g/mol. The average Bonchev–Trinajstić information content (AvgIpc) is 2.91. The van der Waals surface area contributed by atoms with Crippen LogP contribution in [0.1, 0.15) is 23.7 Å². The van der Waals surface area contributed by atoms with E-state index in [0.29, 0.717) is 28.0 Å². The van der Waals surface area contributed by atoms with Crippen LogP contribution in [-0.2, 0) is 4.79 Å². The van der Waals surface area contributed by atoms with Gasteiger partial charge in [-0.15, -0.1) is 11.8 Å². The molecule has 1 aromatic rings. The molecule has 2 unspecified atom stereocenters. The van der Waals surface area contributed by atoms with Gasteiger partial charge in [0.2, 0.25) is 0 Å². The Bertz CT molecular complexity index is 566. The zero-order valence-electron chi connectivity index (χ0n) is 11.7. The topological polar surface area (TPSA) is 66.8 Å². The van der Waals surface area contributed by atoms with Crippen molar-refractivity contribution in [2.24, 2.45) is 0 Å². The second-order valence-electron chi connectivity index (χ2n) is 4.61. The number of carboxylic acid groups (broad SMARTS) is 1. The van der Waals surface area contributed by atoms with Crippen LogP contribution in [0.4, 0.5) is 0 Å². The molecule has 1 heterocycles. The first-order chi connectivity index (χ1) is 9.99. The normalized spacial score (nSPS) is 21.4. The summed E-state index contributed by atoms with van der Waals surface area (Å²) in [6.45, 7) is 1.95. The van der Waals surface area contributed by atoms with Gasteiger partial charge in [-0.2, -0.15) is 0 Å². The van der Waals surface area contributed by atoms with E-state index < -0.39 is 12.0 Å². The Hall–Kier alpha value is -1.21. The number of hydrogen-bond acceptors (Lipinski definition) is 4. The highest BCUT2D eigenvalue weighted by atomic mass is 79.9. The van der Waals surface area contributed by atoms with Crippen LogP contribution in [0.5, 0.6) is 5.75 Å². The maximum Gasteiger partial charge on any atom is 0.327 e. The lowest BCUT2D eigenvalue weighted by Crippen LogP contribution is -2.45. The summed E-state index contributed by atoms with van der Waals surface area (Å²) in [5.41, 5.74) is 0.418. The van der Waals surface area contributed by atoms with Gasteiger partial charge in [0.05, 0.1) is 18.0 Å². The van der Waals surface area contributed by atoms with Crippen molar-refractivity contribution in [2.75, 3.05) is 12.9 Å². The number of ether oxygens (including phenoxy) is 1. The molecule has 1 saturated heterocycles. The summed E-state index contributed by atoms with van der Waals surface area (Å²) >= 11 is 4.85. The Morgan fingerprint density at radius 3 is 2.81 bits per heavy atom. The number of carbonyl (C=O) groups is 2. The molecule has 0 bridgehead atoms. The number of methoxy groups -OCH3 is 1. The number of carboxylic acids is 1. The fourth-order valence-electron chi connectivity index (χ4n) is 2.27. The van der Waals surface area contributed by atoms with Crippen LogP contribution in [0.25, 0.3) is 0 Å². The molecular formula is C14H16BrNO4S. The number of halogens is 1. The third-order valence-corrected chi connectivity index (χ3v) is 5.51. The molecule has 2 atom stereocenters. The molecule has 2 rings (SSSR count). The maximum atomic E-state index is 12.8. The lowest BCUT2D eigenvalue weighted by Gasteiger charge is -2.27. The quantitative estimate of drug-likeness (QED) is 0.878. The van der Waals surface area contributed by atoms with Crippen LogP contribution in [0, 0.1) is 0 Å². The molecule has 1 aliphatic rings. The van der Waals surface area contributed by atoms with Gasteiger partial charge in [0.15, 0.2) is 0 Å². The summed E-state index contributed by atoms with van der Waals surface area (Å²) in [7, 11) is 1.53. The minimum Gasteiger partial charge on any atom is -0.497 e. The first-order valence-corrected chi connectivity index (χ1v) is 8.34. The summed E-state index contributed by atoms with van der Waals surface area (Å²) in [6, 6.07) is 4.31. The van der Waals surface area contributed by atoms with Gasteiger partial charge < -0.3 is 14.7 Å². The minimum atomic E-state index is -0.967. The predicted molar refractivity (Wildman–Crippen MR) is 84.8 cm³/mol. The predicted octanol–water partition coefficient (Wildman–Crippen LogP) is 2.84. The zero-order valence-corrected chi connectivity index (χ0v) is 14.1. The molecule has 1 amide bonds. The van der Waals surface area contributed by atoms with Gasteiger partial charge in [-0.3, -0.25) is 4.79 Å². The monoisotopic (exact) mass is 373 g/mol. The molecule has 1 aliphatic heterocycles. The maximum absolute atomic E-state index is 12.8. The van der Waals surface area contributed by atoms with Crippen LogP contribution in [-0.4, -0.2) is 46.2 Å². The van der Waals surface area contributed by atoms with E-state index in [-0.39, 0.29) is 11.3 Å². The number of nitrogens with zero attached hydrogens (tertiary/aromatic N) is 1. The summed E-state index contributed by atoms with van der Waals surface area (Å²) in [6.07, 6.45) is 0.710. The van der Waals surface area contributed by atoms with Crippen molar-refractivity contribution in [3.05, 3.63) is 28.2 Å². The number of aliphatic carboxylic acids is 1. The van der Waals surface area contributed by atoms with Crippen molar-refractivity contribution in [1.29, 1.82) is 0 Å². The molecule has 114 valence electrons. The number of carbonyl (C=O) groups excluding carboxylic acids is 1. The van der Waals surface area contributed by atoms with Gasteiger partial charge in [0.25, 0.3) is 5.91 Å². The molecule has 1 aromatic carbocycles. The van der Waals surface area contributed by atoms with Gasteiger partial charge in [-0.25, -0.2) is 4.79 Å². The minimum absolute atomic E-state index is 0.114. The SMILES string of the molecule is CCC1SCC(C(=O)O)N1C(=O)c1cc(OC)ccc1Br. The van der Waals surface area contributed by atoms with E-state index in [4.69, 9.17) is 4.74 Å². The van der Waals surface area contributed by atoms with Crippen LogP contribution >= 0.6 is 27.7 Å². The molecule has 0 radical (unpaired) electrons. The molecule has 1 fully saturated rings. The van der Waals surface area contributed by atoms with Crippen LogP contribution < -0.4 is 4.74 Å². The van der Waals surface area contributed by atoms with Crippen molar-refractivity contribution in [3.8, 4) is 5.75 Å². The summed E-state index contributed by atoms with van der Waals surface area (Å²) < 4.78 is 5.77. The van der Waals surface area contributed by atoms with Gasteiger partial charge in [0.1, 0.15) is 11.8 Å². The Morgan fingerprint density at radius 2 is 2.24 bits per heavy atom. The van der Waals surface area contributed by atoms with Crippen LogP contribution in [0.15, 0.2) is 22.7 Å². The largest absolute Gasteiger partial charge is 0.497 e. The van der Waals surface area contributed by atoms with Crippen molar-refractivity contribution in [1.82, 2.24) is 4.90 Å². The second-order valence-corrected chi connectivity index (χ2v) is 6.67. The van der Waals surface area contributed by atoms with Crippen molar-refractivity contribution in [2.45, 2.75) is 24.8 Å². The van der Waals surface area contributed by atoms with Crippen LogP contribution in [0.2, 0.25) is 0 Å². The molecule has 21 heavy (non-hydrogen) atoms. The summed E-state index contributed by atoms with van der Waals surface area (Å²) in [5, 5.41) is 9.21. The first-order valence-electron chi connectivity index (χ1n) is 6.50. The van der Waals surface area contributed by atoms with E-state index in [0.717, 1.165) is 0 Å². The average molecular weight is 374 g/mol. The lowest BCUT2D eigenvalue weighted by molar-refractivity contribution is -0.141. The smallest absolute Gasteiger partial charge is 0.327 e. The first kappa shape index (κ1) is 16.2. The molecule has 1 N–H and O–H groups in total. The Balaban J connectivity index is 2.38. The summed E-state index contributed by atoms with van der Waals surface area (Å²) in [5.74, 6) is -0.273. The van der Waals surface area contributed by atoms with E-state index in [9.17, 15) is 14.7 Å². The van der Waals surface area contributed by atoms with E-state index in [1.54, 1.807) is 18.2 Å². The Kier molecular flexibility index (Phi) is 5.16. The fourth-order valence-corrected chi connectivity index (χ4v) is 4.04. The van der Waals surface area contributed by atoms with E-state index in [1.807, 2.05) is 6.92 Å². The Labute approximate surface area is 135 Å². The van der Waals surface area contributed by atoms with E-state index >= 15 is 0 Å². The zero-order chi connectivity index (χ0) is 15.6. The number of benzene rings is 1. The number of amides is 1. The lowest BCUT2D eigenvalue weighted by atomic mass is 10.1. The van der Waals surface area contributed by atoms with Crippen molar-refractivity contribution < 1.29 is 19.4 Å². The molecule has 5 nitrogen and oxygen atoms in total. The third-order valence-electron chi connectivity index (χ3n) is 3.37. The standard InChI is InChI=1S/C14H16BrNO4S/c1-3-12-16(11(7-21-12)14(18)19)13(17)9-6-8(20-2)4-5-10(9)15/h4-6,11-12H,3,7H2,1-2H3,(H,18,19). The second kappa shape index (κ2) is 6.70. The molecule has 0 saturated carbocycles. The van der Waals surface area contributed by atoms with Gasteiger partial charge in [-0.05, 0) is 40.5 Å². The van der Waals surface area contributed by atoms with E-state index in [1.165, 1.54) is 23.8 Å². The summed E-state index contributed by atoms with van der Waals surface area (Å²) in [4.78, 5) is 25.6. The van der Waals surface area contributed by atoms with E-state index in [2.05, 4.69) is 15.9 Å². The highest BCUT2D eigenvalue weighted by Crippen LogP contribution is 2.34. The molecule has 0 aliphatic carbocycles. The van der Waals surface area contributed by atoms with Crippen LogP contribution in [0.3, 0.4) is 0 Å². The molecule has 0 spiro atoms. The number of thioether (sulfide) groups is 1. The van der Waals surface area contributed by atoms with Gasteiger partial charge in [0, 0.05) is 10.2 Å². The fraction of sp³-hybridized carbons (Fsp3) is 0.429. The highest BCUT2D eigenvalue weighted by molar-refractivity contribution is 9.10. The number of rotatable bonds is 4. The molecule has 7 heteroatoms.